The van der Waals surface area contributed by atoms with E-state index in [1.54, 1.807) is 15.9 Å². The van der Waals surface area contributed by atoms with Crippen molar-refractivity contribution in [2.75, 3.05) is 11.9 Å². The average Bonchev–Trinajstić information content (AvgIpc) is 2.88. The molecule has 20 heavy (non-hydrogen) atoms. The first-order valence-electron chi connectivity index (χ1n) is 7.01. The summed E-state index contributed by atoms with van der Waals surface area (Å²) >= 11 is 1.54. The molecule has 1 N–H and O–H groups in total. The number of nitrogens with zero attached hydrogens (tertiary/aromatic N) is 2. The van der Waals surface area contributed by atoms with Gasteiger partial charge in [0.15, 0.2) is 5.13 Å². The number of anilines is 1. The molecule has 2 aromatic rings. The van der Waals surface area contributed by atoms with Crippen molar-refractivity contribution in [3.05, 3.63) is 34.1 Å². The molecule has 0 radical (unpaired) electrons. The van der Waals surface area contributed by atoms with Crippen molar-refractivity contribution in [3.63, 3.8) is 0 Å². The van der Waals surface area contributed by atoms with E-state index in [9.17, 15) is 4.79 Å². The maximum Gasteiger partial charge on any atom is 0.260 e. The molecule has 5 heteroatoms. The Morgan fingerprint density at radius 2 is 2.25 bits per heavy atom. The number of nitrogens with one attached hydrogen (secondary N) is 1. The quantitative estimate of drug-likeness (QED) is 0.886. The zero-order chi connectivity index (χ0) is 14.5. The third kappa shape index (κ3) is 3.48. The molecule has 0 bridgehead atoms. The fraction of sp³-hybridized carbons (Fsp3) is 0.467. The highest BCUT2D eigenvalue weighted by Crippen LogP contribution is 2.22. The Kier molecular flexibility index (Phi) is 4.95. The first kappa shape index (κ1) is 14.8. The minimum Gasteiger partial charge on any atom is -0.361 e. The number of thiazole rings is 1. The summed E-state index contributed by atoms with van der Waals surface area (Å²) in [6, 6.07) is 3.75. The highest BCUT2D eigenvalue weighted by atomic mass is 32.1. The van der Waals surface area contributed by atoms with Crippen LogP contribution in [0.4, 0.5) is 5.13 Å². The van der Waals surface area contributed by atoms with E-state index in [0.29, 0.717) is 11.5 Å². The predicted molar refractivity (Wildman–Crippen MR) is 85.4 cm³/mol. The van der Waals surface area contributed by atoms with Crippen molar-refractivity contribution < 1.29 is 0 Å². The molecule has 0 fully saturated rings. The van der Waals surface area contributed by atoms with Crippen molar-refractivity contribution in [3.8, 4) is 11.3 Å². The Hall–Kier alpha value is -1.62. The summed E-state index contributed by atoms with van der Waals surface area (Å²) in [5.74, 6) is 0.570. The summed E-state index contributed by atoms with van der Waals surface area (Å²) in [6.45, 7) is 8.01. The Morgan fingerprint density at radius 1 is 1.45 bits per heavy atom. The second-order valence-corrected chi connectivity index (χ2v) is 6.09. The lowest BCUT2D eigenvalue weighted by Crippen LogP contribution is -2.20. The summed E-state index contributed by atoms with van der Waals surface area (Å²) in [5, 5.41) is 6.11. The summed E-state index contributed by atoms with van der Waals surface area (Å²) in [7, 11) is 0. The van der Waals surface area contributed by atoms with Gasteiger partial charge in [-0.3, -0.25) is 4.79 Å². The zero-order valence-electron chi connectivity index (χ0n) is 12.2. The van der Waals surface area contributed by atoms with E-state index in [4.69, 9.17) is 0 Å². The number of hydrogen-bond acceptors (Lipinski definition) is 4. The molecule has 0 aromatic carbocycles. The third-order valence-electron chi connectivity index (χ3n) is 2.93. The Balaban J connectivity index is 2.24. The molecule has 0 aliphatic carbocycles. The van der Waals surface area contributed by atoms with Crippen molar-refractivity contribution >= 4 is 16.5 Å². The molecule has 0 unspecified atom stereocenters. The summed E-state index contributed by atoms with van der Waals surface area (Å²) in [6.07, 6.45) is 2.78. The van der Waals surface area contributed by atoms with E-state index in [0.717, 1.165) is 30.3 Å². The van der Waals surface area contributed by atoms with Gasteiger partial charge in [-0.05, 0) is 24.5 Å². The van der Waals surface area contributed by atoms with Crippen LogP contribution < -0.4 is 10.9 Å². The summed E-state index contributed by atoms with van der Waals surface area (Å²) in [5.41, 5.74) is 1.47. The number of hydrogen-bond donors (Lipinski definition) is 1. The molecule has 0 saturated carbocycles. The zero-order valence-corrected chi connectivity index (χ0v) is 13.0. The van der Waals surface area contributed by atoms with Crippen LogP contribution >= 0.6 is 11.3 Å². The van der Waals surface area contributed by atoms with Crippen LogP contribution in [0.15, 0.2) is 28.5 Å². The van der Waals surface area contributed by atoms with Crippen molar-refractivity contribution in [2.45, 2.75) is 33.7 Å². The molecule has 2 heterocycles. The van der Waals surface area contributed by atoms with Crippen LogP contribution in [0.25, 0.3) is 11.3 Å². The van der Waals surface area contributed by atoms with E-state index < -0.39 is 0 Å². The number of aromatic nitrogens is 2. The maximum absolute atomic E-state index is 12.3. The molecular weight excluding hydrogens is 270 g/mol. The lowest BCUT2D eigenvalue weighted by molar-refractivity contribution is 0.655. The fourth-order valence-corrected chi connectivity index (χ4v) is 2.64. The minimum absolute atomic E-state index is 0.0371. The van der Waals surface area contributed by atoms with Gasteiger partial charge in [-0.1, -0.05) is 20.8 Å². The van der Waals surface area contributed by atoms with Crippen LogP contribution in [-0.4, -0.2) is 16.1 Å². The van der Waals surface area contributed by atoms with E-state index in [1.165, 1.54) is 0 Å². The van der Waals surface area contributed by atoms with Crippen LogP contribution in [0, 0.1) is 5.92 Å². The second kappa shape index (κ2) is 6.70. The van der Waals surface area contributed by atoms with E-state index in [2.05, 4.69) is 31.1 Å². The van der Waals surface area contributed by atoms with E-state index in [-0.39, 0.29) is 5.56 Å². The third-order valence-corrected chi connectivity index (χ3v) is 3.73. The number of rotatable bonds is 6. The van der Waals surface area contributed by atoms with Gasteiger partial charge in [-0.15, -0.1) is 11.3 Å². The van der Waals surface area contributed by atoms with Gasteiger partial charge >= 0.3 is 0 Å². The van der Waals surface area contributed by atoms with Crippen molar-refractivity contribution in [1.29, 1.82) is 0 Å². The van der Waals surface area contributed by atoms with Gasteiger partial charge in [0.05, 0.1) is 11.3 Å². The summed E-state index contributed by atoms with van der Waals surface area (Å²) in [4.78, 5) is 16.9. The monoisotopic (exact) mass is 291 g/mol. The smallest absolute Gasteiger partial charge is 0.260 e. The van der Waals surface area contributed by atoms with E-state index in [1.807, 2.05) is 23.7 Å². The van der Waals surface area contributed by atoms with Gasteiger partial charge in [-0.25, -0.2) is 4.98 Å². The van der Waals surface area contributed by atoms with Crippen molar-refractivity contribution in [2.24, 2.45) is 5.92 Å². The number of pyridine rings is 1. The van der Waals surface area contributed by atoms with Gasteiger partial charge in [-0.2, -0.15) is 0 Å². The molecule has 2 aromatic heterocycles. The minimum atomic E-state index is 0.0371. The Morgan fingerprint density at radius 3 is 2.95 bits per heavy atom. The molecule has 0 spiro atoms. The lowest BCUT2D eigenvalue weighted by atomic mass is 10.2. The Bertz CT molecular complexity index is 616. The first-order chi connectivity index (χ1) is 9.61. The van der Waals surface area contributed by atoms with Crippen LogP contribution in [0.3, 0.4) is 0 Å². The molecule has 108 valence electrons. The molecule has 2 rings (SSSR count). The average molecular weight is 291 g/mol. The molecule has 0 aliphatic rings. The van der Waals surface area contributed by atoms with Gasteiger partial charge in [0.2, 0.25) is 0 Å². The van der Waals surface area contributed by atoms with Crippen LogP contribution in [-0.2, 0) is 6.54 Å². The highest BCUT2D eigenvalue weighted by Gasteiger charge is 2.09. The summed E-state index contributed by atoms with van der Waals surface area (Å²) < 4.78 is 1.75. The highest BCUT2D eigenvalue weighted by molar-refractivity contribution is 7.14. The van der Waals surface area contributed by atoms with E-state index >= 15 is 0 Å². The predicted octanol–water partition coefficient (Wildman–Crippen LogP) is 3.45. The standard InChI is InChI=1S/C15H21N3OS/c1-4-7-18-8-5-6-12(14(18)19)13-10-20-15(17-13)16-9-11(2)3/h5-6,8,10-11H,4,7,9H2,1-3H3,(H,16,17). The molecule has 0 amide bonds. The topological polar surface area (TPSA) is 46.9 Å². The van der Waals surface area contributed by atoms with Gasteiger partial charge < -0.3 is 9.88 Å². The molecular formula is C15H21N3OS. The van der Waals surface area contributed by atoms with Gasteiger partial charge in [0.25, 0.3) is 5.56 Å². The Labute approximate surface area is 123 Å². The SMILES string of the molecule is CCCn1cccc(-c2csc(NCC(C)C)n2)c1=O. The molecule has 4 nitrogen and oxygen atoms in total. The fourth-order valence-electron chi connectivity index (χ4n) is 1.92. The van der Waals surface area contributed by atoms with Gasteiger partial charge in [0, 0.05) is 24.7 Å². The van der Waals surface area contributed by atoms with Crippen LogP contribution in [0.5, 0.6) is 0 Å². The molecule has 0 saturated heterocycles. The first-order valence-corrected chi connectivity index (χ1v) is 7.89. The van der Waals surface area contributed by atoms with Gasteiger partial charge in [0.1, 0.15) is 0 Å². The molecule has 0 aliphatic heterocycles. The largest absolute Gasteiger partial charge is 0.361 e. The second-order valence-electron chi connectivity index (χ2n) is 5.23. The van der Waals surface area contributed by atoms with Crippen LogP contribution in [0.2, 0.25) is 0 Å². The van der Waals surface area contributed by atoms with Crippen molar-refractivity contribution in [1.82, 2.24) is 9.55 Å². The lowest BCUT2D eigenvalue weighted by Gasteiger charge is -2.05. The molecule has 0 atom stereocenters. The number of aryl methyl sites for hydroxylation is 1. The normalized spacial score (nSPS) is 11.0. The van der Waals surface area contributed by atoms with Crippen LogP contribution in [0.1, 0.15) is 27.2 Å². The maximum atomic E-state index is 12.3.